The van der Waals surface area contributed by atoms with Crippen molar-refractivity contribution in [3.05, 3.63) is 41.3 Å². The summed E-state index contributed by atoms with van der Waals surface area (Å²) in [6, 6.07) is 3.30. The van der Waals surface area contributed by atoms with E-state index in [0.717, 1.165) is 0 Å². The Balaban J connectivity index is 1.80. The van der Waals surface area contributed by atoms with Crippen LogP contribution < -0.4 is 10.1 Å². The number of aromatic nitrogens is 4. The van der Waals surface area contributed by atoms with Crippen molar-refractivity contribution in [2.24, 2.45) is 0 Å². The minimum absolute atomic E-state index is 0.0431. The van der Waals surface area contributed by atoms with Crippen LogP contribution in [0, 0.1) is 0 Å². The summed E-state index contributed by atoms with van der Waals surface area (Å²) in [6.07, 6.45) is 2.17. The van der Waals surface area contributed by atoms with Gasteiger partial charge in [0.25, 0.3) is 6.43 Å². The van der Waals surface area contributed by atoms with E-state index in [-0.39, 0.29) is 16.8 Å². The number of pyridine rings is 2. The number of ether oxygens (including phenoxy) is 1. The third-order valence-corrected chi connectivity index (χ3v) is 3.60. The molecule has 26 heavy (non-hydrogen) atoms. The van der Waals surface area contributed by atoms with Crippen LogP contribution in [0.15, 0.2) is 30.7 Å². The molecule has 0 atom stereocenters. The summed E-state index contributed by atoms with van der Waals surface area (Å²) in [5, 5.41) is 7.89. The third-order valence-electron chi connectivity index (χ3n) is 3.33. The Labute approximate surface area is 152 Å². The second-order valence-corrected chi connectivity index (χ2v) is 5.84. The molecule has 0 saturated carbocycles. The number of anilines is 1. The van der Waals surface area contributed by atoms with Crippen molar-refractivity contribution >= 4 is 34.2 Å². The lowest BCUT2D eigenvalue weighted by Gasteiger charge is -2.08. The smallest absolute Gasteiger partial charge is 0.272 e. The molecular formula is C16H14ClF2N5O2. The van der Waals surface area contributed by atoms with Gasteiger partial charge in [-0.3, -0.25) is 9.48 Å². The van der Waals surface area contributed by atoms with Gasteiger partial charge >= 0.3 is 0 Å². The van der Waals surface area contributed by atoms with Gasteiger partial charge in [0.1, 0.15) is 10.8 Å². The number of amides is 1. The molecule has 7 nitrogen and oxygen atoms in total. The number of nitrogens with one attached hydrogen (secondary N) is 1. The van der Waals surface area contributed by atoms with Crippen molar-refractivity contribution in [3.8, 4) is 5.88 Å². The van der Waals surface area contributed by atoms with Gasteiger partial charge in [-0.25, -0.2) is 18.7 Å². The van der Waals surface area contributed by atoms with Crippen LogP contribution in [0.1, 0.15) is 12.5 Å². The monoisotopic (exact) mass is 381 g/mol. The molecule has 1 N–H and O–H groups in total. The molecule has 0 unspecified atom stereocenters. The summed E-state index contributed by atoms with van der Waals surface area (Å²) in [7, 11) is 0. The maximum absolute atomic E-state index is 12.2. The van der Waals surface area contributed by atoms with E-state index in [1.807, 2.05) is 0 Å². The highest BCUT2D eigenvalue weighted by Gasteiger charge is 2.11. The van der Waals surface area contributed by atoms with Crippen LogP contribution in [0.4, 0.5) is 14.6 Å². The molecule has 0 bridgehead atoms. The van der Waals surface area contributed by atoms with Crippen LogP contribution in [0.25, 0.3) is 10.9 Å². The lowest BCUT2D eigenvalue weighted by atomic mass is 10.3. The number of rotatable bonds is 6. The van der Waals surface area contributed by atoms with Gasteiger partial charge in [0.2, 0.25) is 11.8 Å². The van der Waals surface area contributed by atoms with Gasteiger partial charge in [-0.05, 0) is 17.7 Å². The summed E-state index contributed by atoms with van der Waals surface area (Å²) < 4.78 is 30.9. The Morgan fingerprint density at radius 3 is 2.92 bits per heavy atom. The average molecular weight is 382 g/mol. The van der Waals surface area contributed by atoms with E-state index in [1.54, 1.807) is 29.2 Å². The van der Waals surface area contributed by atoms with Gasteiger partial charge in [-0.1, -0.05) is 11.6 Å². The number of hydrogen-bond acceptors (Lipinski definition) is 5. The maximum atomic E-state index is 12.2. The van der Waals surface area contributed by atoms with Crippen molar-refractivity contribution < 1.29 is 18.3 Å². The van der Waals surface area contributed by atoms with E-state index in [2.05, 4.69) is 20.4 Å². The van der Waals surface area contributed by atoms with Crippen molar-refractivity contribution in [1.82, 2.24) is 19.7 Å². The molecule has 10 heteroatoms. The van der Waals surface area contributed by atoms with Gasteiger partial charge in [-0.15, -0.1) is 0 Å². The molecule has 3 heterocycles. The van der Waals surface area contributed by atoms with Gasteiger partial charge in [0.15, 0.2) is 6.61 Å². The Kier molecular flexibility index (Phi) is 5.27. The summed E-state index contributed by atoms with van der Waals surface area (Å²) in [5.41, 5.74) is 1.38. The molecule has 3 aromatic rings. The molecule has 0 saturated heterocycles. The largest absolute Gasteiger partial charge is 0.471 e. The molecule has 0 radical (unpaired) electrons. The standard InChI is InChI=1S/C16H14ClF2N5O2/c1-9(25)22-15-11-7-24(23-13(11)2-3-20-15)6-10-4-12(17)16(21-5-10)26-8-14(18)19/h2-5,7,14H,6,8H2,1H3,(H,20,22,25). The van der Waals surface area contributed by atoms with Crippen molar-refractivity contribution in [2.45, 2.75) is 19.9 Å². The lowest BCUT2D eigenvalue weighted by Crippen LogP contribution is -2.09. The molecule has 0 aliphatic rings. The van der Waals surface area contributed by atoms with Crippen LogP contribution in [0.3, 0.4) is 0 Å². The van der Waals surface area contributed by atoms with Crippen molar-refractivity contribution in [3.63, 3.8) is 0 Å². The van der Waals surface area contributed by atoms with Crippen LogP contribution in [0.2, 0.25) is 5.02 Å². The van der Waals surface area contributed by atoms with E-state index in [0.29, 0.717) is 28.8 Å². The zero-order valence-corrected chi connectivity index (χ0v) is 14.4. The number of halogens is 3. The normalized spacial score (nSPS) is 11.1. The average Bonchev–Trinajstić information content (AvgIpc) is 2.97. The molecule has 3 rings (SSSR count). The molecule has 136 valence electrons. The second-order valence-electron chi connectivity index (χ2n) is 5.43. The zero-order chi connectivity index (χ0) is 18.7. The summed E-state index contributed by atoms with van der Waals surface area (Å²) in [5.74, 6) is 0.153. The maximum Gasteiger partial charge on any atom is 0.272 e. The van der Waals surface area contributed by atoms with Crippen molar-refractivity contribution in [2.75, 3.05) is 11.9 Å². The lowest BCUT2D eigenvalue weighted by molar-refractivity contribution is -0.114. The van der Waals surface area contributed by atoms with E-state index in [4.69, 9.17) is 16.3 Å². The highest BCUT2D eigenvalue weighted by molar-refractivity contribution is 6.31. The molecular weight excluding hydrogens is 368 g/mol. The number of nitrogens with zero attached hydrogens (tertiary/aromatic N) is 4. The molecule has 0 spiro atoms. The van der Waals surface area contributed by atoms with Crippen LogP contribution in [-0.2, 0) is 11.3 Å². The quantitative estimate of drug-likeness (QED) is 0.709. The van der Waals surface area contributed by atoms with Crippen LogP contribution in [0.5, 0.6) is 5.88 Å². The van der Waals surface area contributed by atoms with Gasteiger partial charge in [-0.2, -0.15) is 5.10 Å². The van der Waals surface area contributed by atoms with Crippen LogP contribution >= 0.6 is 11.6 Å². The van der Waals surface area contributed by atoms with E-state index >= 15 is 0 Å². The van der Waals surface area contributed by atoms with Gasteiger partial charge < -0.3 is 10.1 Å². The first-order valence-electron chi connectivity index (χ1n) is 7.57. The molecule has 0 aromatic carbocycles. The Hall–Kier alpha value is -2.81. The Bertz CT molecular complexity index is 948. The van der Waals surface area contributed by atoms with E-state index < -0.39 is 13.0 Å². The number of hydrogen-bond donors (Lipinski definition) is 1. The fourth-order valence-corrected chi connectivity index (χ4v) is 2.57. The SMILES string of the molecule is CC(=O)Nc1nccc2nn(Cc3cnc(OCC(F)F)c(Cl)c3)cc12. The second kappa shape index (κ2) is 7.61. The fourth-order valence-electron chi connectivity index (χ4n) is 2.33. The zero-order valence-electron chi connectivity index (χ0n) is 13.6. The van der Waals surface area contributed by atoms with E-state index in [1.165, 1.54) is 13.1 Å². The van der Waals surface area contributed by atoms with Crippen LogP contribution in [-0.4, -0.2) is 38.7 Å². The first-order valence-corrected chi connectivity index (χ1v) is 7.95. The summed E-state index contributed by atoms with van der Waals surface area (Å²) in [4.78, 5) is 19.3. The van der Waals surface area contributed by atoms with E-state index in [9.17, 15) is 13.6 Å². The van der Waals surface area contributed by atoms with Crippen molar-refractivity contribution in [1.29, 1.82) is 0 Å². The van der Waals surface area contributed by atoms with Gasteiger partial charge in [0.05, 0.1) is 17.4 Å². The summed E-state index contributed by atoms with van der Waals surface area (Å²) >= 11 is 6.02. The predicted octanol–water partition coefficient (Wildman–Crippen LogP) is 3.13. The molecule has 0 fully saturated rings. The molecule has 1 amide bonds. The number of alkyl halides is 2. The number of carbonyl (C=O) groups excluding carboxylic acids is 1. The molecule has 0 aliphatic heterocycles. The topological polar surface area (TPSA) is 81.9 Å². The molecule has 0 aliphatic carbocycles. The first-order chi connectivity index (χ1) is 12.4. The highest BCUT2D eigenvalue weighted by Crippen LogP contribution is 2.24. The minimum atomic E-state index is -2.60. The molecule has 3 aromatic heterocycles. The highest BCUT2D eigenvalue weighted by atomic mass is 35.5. The van der Waals surface area contributed by atoms with Gasteiger partial charge in [0, 0.05) is 25.5 Å². The first kappa shape index (κ1) is 18.0. The Morgan fingerprint density at radius 1 is 1.42 bits per heavy atom. The minimum Gasteiger partial charge on any atom is -0.471 e. The predicted molar refractivity (Wildman–Crippen MR) is 91.7 cm³/mol. The fraction of sp³-hybridized carbons (Fsp3) is 0.250. The number of fused-ring (bicyclic) bond motifs is 1. The Morgan fingerprint density at radius 2 is 2.23 bits per heavy atom. The third kappa shape index (κ3) is 4.23. The number of carbonyl (C=O) groups is 1. The summed E-state index contributed by atoms with van der Waals surface area (Å²) in [6.45, 7) is 0.974.